The first kappa shape index (κ1) is 34.1. The van der Waals surface area contributed by atoms with Gasteiger partial charge in [-0.1, -0.05) is 70.2 Å². The van der Waals surface area contributed by atoms with Gasteiger partial charge in [-0.05, 0) is 86.8 Å². The van der Waals surface area contributed by atoms with Crippen LogP contribution < -0.4 is 0 Å². The molecule has 3 aromatic rings. The van der Waals surface area contributed by atoms with E-state index in [1.807, 2.05) is 55.5 Å². The lowest BCUT2D eigenvalue weighted by Crippen LogP contribution is -2.40. The molecule has 1 saturated heterocycles. The van der Waals surface area contributed by atoms with E-state index in [-0.39, 0.29) is 13.0 Å². The predicted octanol–water partition coefficient (Wildman–Crippen LogP) is 7.87. The average Bonchev–Trinajstić information content (AvgIpc) is 3.49. The Morgan fingerprint density at radius 2 is 1.64 bits per heavy atom. The Morgan fingerprint density at radius 1 is 1.00 bits per heavy atom. The maximum atomic E-state index is 13.0. The van der Waals surface area contributed by atoms with Crippen LogP contribution in [0.1, 0.15) is 88.3 Å². The zero-order chi connectivity index (χ0) is 32.7. The van der Waals surface area contributed by atoms with Gasteiger partial charge in [0, 0.05) is 34.9 Å². The van der Waals surface area contributed by atoms with E-state index in [9.17, 15) is 14.7 Å². The molecule has 0 aliphatic carbocycles. The summed E-state index contributed by atoms with van der Waals surface area (Å²) in [6.45, 7) is 14.1. The number of allylic oxidation sites excluding steroid dienone is 1. The van der Waals surface area contributed by atoms with Crippen LogP contribution in [0.5, 0.6) is 0 Å². The van der Waals surface area contributed by atoms with Gasteiger partial charge in [0.25, 0.3) is 0 Å². The molecule has 1 fully saturated rings. The summed E-state index contributed by atoms with van der Waals surface area (Å²) in [5.74, 6) is 7.40. The molecule has 1 aromatic heterocycles. The van der Waals surface area contributed by atoms with Crippen LogP contribution in [-0.4, -0.2) is 35.9 Å². The van der Waals surface area contributed by atoms with Crippen molar-refractivity contribution in [2.45, 2.75) is 86.2 Å². The molecule has 240 valence electrons. The van der Waals surface area contributed by atoms with Gasteiger partial charge >= 0.3 is 11.9 Å². The van der Waals surface area contributed by atoms with Gasteiger partial charge in [-0.15, -0.1) is 0 Å². The number of esters is 2. The topological polar surface area (TPSA) is 86.0 Å². The molecule has 2 heterocycles. The van der Waals surface area contributed by atoms with Gasteiger partial charge in [0.1, 0.15) is 18.0 Å². The predicted molar refractivity (Wildman–Crippen MR) is 178 cm³/mol. The van der Waals surface area contributed by atoms with Crippen LogP contribution in [0.25, 0.3) is 11.0 Å². The molecule has 1 aliphatic heterocycles. The smallest absolute Gasteiger partial charge is 0.334 e. The summed E-state index contributed by atoms with van der Waals surface area (Å²) in [4.78, 5) is 25.8. The Hall–Kier alpha value is -3.82. The monoisotopic (exact) mass is 612 g/mol. The molecule has 2 aromatic carbocycles. The van der Waals surface area contributed by atoms with Crippen molar-refractivity contribution in [1.29, 1.82) is 0 Å². The van der Waals surface area contributed by atoms with Crippen molar-refractivity contribution in [2.75, 3.05) is 13.2 Å². The number of fused-ring (bicyclic) bond motifs is 1. The number of benzene rings is 2. The third-order valence-electron chi connectivity index (χ3n) is 8.49. The third kappa shape index (κ3) is 9.11. The van der Waals surface area contributed by atoms with Crippen LogP contribution in [0, 0.1) is 49.4 Å². The highest BCUT2D eigenvalue weighted by molar-refractivity contribution is 5.91. The second-order valence-electron chi connectivity index (χ2n) is 13.7. The number of aryl methyl sites for hydroxylation is 2. The highest BCUT2D eigenvalue weighted by Crippen LogP contribution is 2.34. The van der Waals surface area contributed by atoms with Gasteiger partial charge in [0.15, 0.2) is 5.60 Å². The van der Waals surface area contributed by atoms with E-state index in [2.05, 4.69) is 46.5 Å². The Labute approximate surface area is 268 Å². The second kappa shape index (κ2) is 15.0. The number of rotatable bonds is 12. The Morgan fingerprint density at radius 3 is 2.29 bits per heavy atom. The van der Waals surface area contributed by atoms with E-state index >= 15 is 0 Å². The maximum absolute atomic E-state index is 13.0. The summed E-state index contributed by atoms with van der Waals surface area (Å²) >= 11 is 0. The van der Waals surface area contributed by atoms with Crippen LogP contribution in [0.15, 0.2) is 58.5 Å². The largest absolute Gasteiger partial charge is 0.461 e. The standard InChI is InChI=1S/C39H48O6/c1-25(2)18-32(19-26(3)4)14-16-33-22-39(23-40,45-38(33)42)24-43-37(41)28(6)20-36-29(7)34-21-31(15-17-35(34)44-36)13-12-30-10-8-27(5)9-11-30/h8-11,15-17,21,25-26,28,32,40H,14,18-20,22-24H2,1-7H3/b33-16+/t28-,39+/m0/s1. The SMILES string of the molecule is Cc1ccc(C#Cc2ccc3oc(C[C@H](C)C(=O)OC[C@]4(CO)C/C(=C\CC(CC(C)C)CC(C)C)C(=O)O4)c(C)c3c2)cc1. The molecule has 2 atom stereocenters. The molecule has 45 heavy (non-hydrogen) atoms. The molecule has 0 unspecified atom stereocenters. The van der Waals surface area contributed by atoms with Crippen molar-refractivity contribution in [1.82, 2.24) is 0 Å². The van der Waals surface area contributed by atoms with Gasteiger partial charge in [-0.3, -0.25) is 4.79 Å². The quantitative estimate of drug-likeness (QED) is 0.127. The van der Waals surface area contributed by atoms with Crippen LogP contribution in [-0.2, 0) is 25.5 Å². The van der Waals surface area contributed by atoms with Crippen LogP contribution in [0.4, 0.5) is 0 Å². The van der Waals surface area contributed by atoms with Crippen molar-refractivity contribution >= 4 is 22.9 Å². The van der Waals surface area contributed by atoms with Crippen molar-refractivity contribution in [3.05, 3.63) is 82.1 Å². The zero-order valence-electron chi connectivity index (χ0n) is 27.9. The van der Waals surface area contributed by atoms with E-state index in [1.54, 1.807) is 6.92 Å². The molecule has 0 amide bonds. The first-order valence-electron chi connectivity index (χ1n) is 16.2. The van der Waals surface area contributed by atoms with Gasteiger partial charge in [-0.25, -0.2) is 4.79 Å². The normalized spacial score (nSPS) is 18.1. The molecule has 0 spiro atoms. The minimum absolute atomic E-state index is 0.195. The van der Waals surface area contributed by atoms with Crippen molar-refractivity contribution < 1.29 is 28.6 Å². The molecule has 6 heteroatoms. The fraction of sp³-hybridized carbons (Fsp3) is 0.487. The highest BCUT2D eigenvalue weighted by atomic mass is 16.6. The summed E-state index contributed by atoms with van der Waals surface area (Å²) in [6.07, 6.45) is 5.50. The van der Waals surface area contributed by atoms with Crippen molar-refractivity contribution in [2.24, 2.45) is 23.7 Å². The fourth-order valence-corrected chi connectivity index (χ4v) is 6.05. The number of carbonyl (C=O) groups is 2. The number of aliphatic hydroxyl groups excluding tert-OH is 1. The lowest BCUT2D eigenvalue weighted by molar-refractivity contribution is -0.168. The number of cyclic esters (lactones) is 1. The molecule has 6 nitrogen and oxygen atoms in total. The number of aliphatic hydroxyl groups is 1. The van der Waals surface area contributed by atoms with Gasteiger partial charge in [0.05, 0.1) is 12.5 Å². The number of carbonyl (C=O) groups excluding carboxylic acids is 2. The molecule has 0 bridgehead atoms. The summed E-state index contributed by atoms with van der Waals surface area (Å²) in [5.41, 5.74) is 4.03. The van der Waals surface area contributed by atoms with Crippen molar-refractivity contribution in [3.8, 4) is 11.8 Å². The summed E-state index contributed by atoms with van der Waals surface area (Å²) in [5, 5.41) is 11.1. The summed E-state index contributed by atoms with van der Waals surface area (Å²) in [7, 11) is 0. The van der Waals surface area contributed by atoms with E-state index in [0.717, 1.165) is 46.9 Å². The average molecular weight is 613 g/mol. The summed E-state index contributed by atoms with van der Waals surface area (Å²) < 4.78 is 17.4. The van der Waals surface area contributed by atoms with E-state index in [1.165, 1.54) is 5.56 Å². The molecule has 0 radical (unpaired) electrons. The first-order chi connectivity index (χ1) is 21.4. The molecule has 4 rings (SSSR count). The minimum atomic E-state index is -1.25. The van der Waals surface area contributed by atoms with Gasteiger partial charge in [-0.2, -0.15) is 0 Å². The Kier molecular flexibility index (Phi) is 11.3. The molecular formula is C39H48O6. The fourth-order valence-electron chi connectivity index (χ4n) is 6.05. The second-order valence-corrected chi connectivity index (χ2v) is 13.7. The van der Waals surface area contributed by atoms with Gasteiger partial charge in [0.2, 0.25) is 0 Å². The van der Waals surface area contributed by atoms with E-state index < -0.39 is 30.1 Å². The number of furan rings is 1. The lowest BCUT2D eigenvalue weighted by Gasteiger charge is -2.25. The highest BCUT2D eigenvalue weighted by Gasteiger charge is 2.44. The first-order valence-corrected chi connectivity index (χ1v) is 16.2. The maximum Gasteiger partial charge on any atom is 0.334 e. The van der Waals surface area contributed by atoms with E-state index in [4.69, 9.17) is 13.9 Å². The molecular weight excluding hydrogens is 564 g/mol. The molecule has 0 saturated carbocycles. The summed E-state index contributed by atoms with van der Waals surface area (Å²) in [6, 6.07) is 14.0. The zero-order valence-corrected chi connectivity index (χ0v) is 27.9. The number of ether oxygens (including phenoxy) is 2. The van der Waals surface area contributed by atoms with Crippen molar-refractivity contribution in [3.63, 3.8) is 0 Å². The van der Waals surface area contributed by atoms with Crippen LogP contribution in [0.2, 0.25) is 0 Å². The molecule has 1 aliphatic rings. The van der Waals surface area contributed by atoms with Gasteiger partial charge < -0.3 is 19.0 Å². The van der Waals surface area contributed by atoms with E-state index in [0.29, 0.717) is 35.5 Å². The minimum Gasteiger partial charge on any atom is -0.461 e. The molecule has 1 N–H and O–H groups in total. The van der Waals surface area contributed by atoms with Crippen LogP contribution in [0.3, 0.4) is 0 Å². The lowest BCUT2D eigenvalue weighted by atomic mass is 9.86. The van der Waals surface area contributed by atoms with Crippen LogP contribution >= 0.6 is 0 Å². The Bertz CT molecular complexity index is 1570. The Balaban J connectivity index is 1.37. The number of hydrogen-bond donors (Lipinski definition) is 1. The number of hydrogen-bond acceptors (Lipinski definition) is 6. The third-order valence-corrected chi connectivity index (χ3v) is 8.49.